The highest BCUT2D eigenvalue weighted by molar-refractivity contribution is 6.02. The van der Waals surface area contributed by atoms with Crippen LogP contribution in [-0.2, 0) is 0 Å². The first-order valence-corrected chi connectivity index (χ1v) is 4.88. The number of azide groups is 1. The number of urea groups is 1. The van der Waals surface area contributed by atoms with E-state index in [4.69, 9.17) is 11.3 Å². The molecule has 2 amide bonds. The van der Waals surface area contributed by atoms with Crippen LogP contribution in [0.2, 0.25) is 0 Å². The fraction of sp³-hybridized carbons (Fsp3) is 0.750. The van der Waals surface area contributed by atoms with E-state index < -0.39 is 0 Å². The number of carbonyl (C=O) groups excluding carboxylic acids is 1. The van der Waals surface area contributed by atoms with Crippen LogP contribution in [0.1, 0.15) is 12.8 Å². The smallest absolute Gasteiger partial charge is 0.345 e. The van der Waals surface area contributed by atoms with Crippen molar-refractivity contribution in [3.05, 3.63) is 10.4 Å². The van der Waals surface area contributed by atoms with Crippen LogP contribution in [0.15, 0.2) is 10.1 Å². The molecule has 0 spiro atoms. The molecule has 0 saturated heterocycles. The number of nitrogens with zero attached hydrogens (tertiary/aromatic N) is 5. The third-order valence-corrected chi connectivity index (χ3v) is 2.66. The second kappa shape index (κ2) is 3.78. The van der Waals surface area contributed by atoms with Crippen LogP contribution >= 0.6 is 0 Å². The Morgan fingerprint density at radius 2 is 2.40 bits per heavy atom. The minimum absolute atomic E-state index is 0.171. The molecule has 15 heavy (non-hydrogen) atoms. The van der Waals surface area contributed by atoms with Crippen molar-refractivity contribution in [2.24, 2.45) is 21.8 Å². The van der Waals surface area contributed by atoms with Crippen LogP contribution in [0, 0.1) is 5.92 Å². The van der Waals surface area contributed by atoms with Crippen molar-refractivity contribution < 1.29 is 4.79 Å². The van der Waals surface area contributed by atoms with Crippen molar-refractivity contribution in [3.63, 3.8) is 0 Å². The molecule has 0 aromatic heterocycles. The van der Waals surface area contributed by atoms with Gasteiger partial charge in [0.15, 0.2) is 0 Å². The normalized spacial score (nSPS) is 25.1. The summed E-state index contributed by atoms with van der Waals surface area (Å²) in [6.45, 7) is 0.846. The lowest BCUT2D eigenvalue weighted by atomic mass is 10.2. The minimum Gasteiger partial charge on any atom is -0.385 e. The Kier molecular flexibility index (Phi) is 2.47. The molecule has 7 nitrogen and oxygen atoms in total. The van der Waals surface area contributed by atoms with Gasteiger partial charge in [-0.05, 0) is 24.3 Å². The number of nitrogens with two attached hydrogens (primary N) is 1. The monoisotopic (exact) mass is 208 g/mol. The Labute approximate surface area is 86.6 Å². The zero-order valence-corrected chi connectivity index (χ0v) is 8.20. The summed E-state index contributed by atoms with van der Waals surface area (Å²) in [6, 6.07) is -0.647. The quantitative estimate of drug-likeness (QED) is 0.420. The topological polar surface area (TPSA) is 107 Å². The molecule has 7 heteroatoms. The van der Waals surface area contributed by atoms with Gasteiger partial charge in [0.1, 0.15) is 5.84 Å². The highest BCUT2D eigenvalue weighted by atomic mass is 16.2. The van der Waals surface area contributed by atoms with Crippen molar-refractivity contribution >= 4 is 11.9 Å². The van der Waals surface area contributed by atoms with Crippen molar-refractivity contribution in [2.75, 3.05) is 13.1 Å². The predicted octanol–water partition coefficient (Wildman–Crippen LogP) is 0.868. The second-order valence-electron chi connectivity index (χ2n) is 3.84. The summed E-state index contributed by atoms with van der Waals surface area (Å²) in [5.41, 5.74) is 13.8. The van der Waals surface area contributed by atoms with E-state index in [1.807, 2.05) is 0 Å². The van der Waals surface area contributed by atoms with Crippen LogP contribution < -0.4 is 5.73 Å². The van der Waals surface area contributed by atoms with E-state index in [1.165, 1.54) is 0 Å². The molecular formula is C8H12N6O. The van der Waals surface area contributed by atoms with Gasteiger partial charge in [-0.3, -0.25) is 0 Å². The Hall–Kier alpha value is -1.75. The van der Waals surface area contributed by atoms with Gasteiger partial charge in [-0.2, -0.15) is 4.99 Å². The van der Waals surface area contributed by atoms with E-state index in [1.54, 1.807) is 4.90 Å². The number of rotatable bonds is 4. The van der Waals surface area contributed by atoms with Crippen molar-refractivity contribution in [2.45, 2.75) is 18.9 Å². The van der Waals surface area contributed by atoms with Gasteiger partial charge in [0.05, 0.1) is 12.6 Å². The standard InChI is InChI=1S/C8H12N6O/c9-7-6(3-11-13-10)14(8(15)12-7)4-5-1-2-5/h5-6H,1-4H2,(H2,9,12,15). The van der Waals surface area contributed by atoms with Gasteiger partial charge in [0.25, 0.3) is 0 Å². The molecule has 1 unspecified atom stereocenters. The summed E-state index contributed by atoms with van der Waals surface area (Å²) in [5, 5.41) is 3.44. The van der Waals surface area contributed by atoms with Gasteiger partial charge < -0.3 is 10.6 Å². The Balaban J connectivity index is 2.05. The Morgan fingerprint density at radius 3 is 3.00 bits per heavy atom. The maximum absolute atomic E-state index is 11.4. The van der Waals surface area contributed by atoms with Crippen molar-refractivity contribution in [1.82, 2.24) is 4.90 Å². The summed E-state index contributed by atoms with van der Waals surface area (Å²) in [7, 11) is 0. The highest BCUT2D eigenvalue weighted by Crippen LogP contribution is 2.31. The molecule has 2 aliphatic rings. The molecule has 0 radical (unpaired) electrons. The zero-order chi connectivity index (χ0) is 10.8. The SMILES string of the molecule is [N-]=[N+]=NCC1C(N)=NC(=O)N1CC1CC1. The van der Waals surface area contributed by atoms with E-state index >= 15 is 0 Å². The molecule has 80 valence electrons. The van der Waals surface area contributed by atoms with Gasteiger partial charge in [0, 0.05) is 11.5 Å². The summed E-state index contributed by atoms with van der Waals surface area (Å²) in [4.78, 5) is 19.4. The molecule has 1 heterocycles. The molecule has 1 atom stereocenters. The van der Waals surface area contributed by atoms with Gasteiger partial charge >= 0.3 is 6.03 Å². The van der Waals surface area contributed by atoms with Crippen LogP contribution in [-0.4, -0.2) is 35.9 Å². The summed E-state index contributed by atoms with van der Waals surface area (Å²) >= 11 is 0. The van der Waals surface area contributed by atoms with Crippen molar-refractivity contribution in [1.29, 1.82) is 0 Å². The maximum Gasteiger partial charge on any atom is 0.345 e. The van der Waals surface area contributed by atoms with E-state index in [-0.39, 0.29) is 24.5 Å². The molecule has 0 bridgehead atoms. The number of amidine groups is 1. The number of carbonyl (C=O) groups is 1. The maximum atomic E-state index is 11.4. The third-order valence-electron chi connectivity index (χ3n) is 2.66. The molecule has 2 rings (SSSR count). The fourth-order valence-electron chi connectivity index (χ4n) is 1.63. The molecule has 2 N–H and O–H groups in total. The Morgan fingerprint density at radius 1 is 1.67 bits per heavy atom. The van der Waals surface area contributed by atoms with E-state index in [0.717, 1.165) is 12.8 Å². The van der Waals surface area contributed by atoms with E-state index in [0.29, 0.717) is 12.5 Å². The van der Waals surface area contributed by atoms with Crippen LogP contribution in [0.5, 0.6) is 0 Å². The lowest BCUT2D eigenvalue weighted by Crippen LogP contribution is -2.43. The molecule has 1 aliphatic heterocycles. The zero-order valence-electron chi connectivity index (χ0n) is 8.20. The first kappa shape index (κ1) is 9.79. The molecule has 1 aliphatic carbocycles. The molecule has 0 aromatic carbocycles. The van der Waals surface area contributed by atoms with Crippen molar-refractivity contribution in [3.8, 4) is 0 Å². The molecule has 0 aromatic rings. The number of amides is 2. The largest absolute Gasteiger partial charge is 0.385 e. The second-order valence-corrected chi connectivity index (χ2v) is 3.84. The molecule has 1 saturated carbocycles. The summed E-state index contributed by atoms with van der Waals surface area (Å²) in [6.07, 6.45) is 2.30. The third kappa shape index (κ3) is 2.02. The molecular weight excluding hydrogens is 196 g/mol. The van der Waals surface area contributed by atoms with Crippen LogP contribution in [0.3, 0.4) is 0 Å². The number of aliphatic imine (C=N–C) groups is 1. The highest BCUT2D eigenvalue weighted by Gasteiger charge is 2.36. The summed E-state index contributed by atoms with van der Waals surface area (Å²) in [5.74, 6) is 0.830. The lowest BCUT2D eigenvalue weighted by Gasteiger charge is -2.22. The van der Waals surface area contributed by atoms with Crippen LogP contribution in [0.4, 0.5) is 4.79 Å². The minimum atomic E-state index is -0.339. The first-order valence-electron chi connectivity index (χ1n) is 4.88. The Bertz CT molecular complexity index is 354. The van der Waals surface area contributed by atoms with Crippen LogP contribution in [0.25, 0.3) is 10.4 Å². The molecule has 1 fully saturated rings. The van der Waals surface area contributed by atoms with E-state index in [9.17, 15) is 4.79 Å². The average molecular weight is 208 g/mol. The van der Waals surface area contributed by atoms with E-state index in [2.05, 4.69) is 15.0 Å². The van der Waals surface area contributed by atoms with Gasteiger partial charge in [0.2, 0.25) is 0 Å². The first-order chi connectivity index (χ1) is 7.22. The van der Waals surface area contributed by atoms with Gasteiger partial charge in [-0.15, -0.1) is 0 Å². The predicted molar refractivity (Wildman–Crippen MR) is 54.2 cm³/mol. The van der Waals surface area contributed by atoms with Gasteiger partial charge in [-0.1, -0.05) is 5.11 Å². The number of hydrogen-bond acceptors (Lipinski definition) is 3. The van der Waals surface area contributed by atoms with Gasteiger partial charge in [-0.25, -0.2) is 4.79 Å². The average Bonchev–Trinajstić information content (AvgIpc) is 2.95. The summed E-state index contributed by atoms with van der Waals surface area (Å²) < 4.78 is 0. The lowest BCUT2D eigenvalue weighted by molar-refractivity contribution is 0.204. The number of hydrogen-bond donors (Lipinski definition) is 1. The fourth-order valence-corrected chi connectivity index (χ4v) is 1.63.